The number of ether oxygens (including phenoxy) is 1. The maximum atomic E-state index is 6.00. The maximum Gasteiger partial charge on any atom is 0.123 e. The van der Waals surface area contributed by atoms with Crippen LogP contribution in [0.5, 0.6) is 5.75 Å². The molecule has 0 bridgehead atoms. The molecule has 0 radical (unpaired) electrons. The van der Waals surface area contributed by atoms with E-state index in [2.05, 4.69) is 61.3 Å². The van der Waals surface area contributed by atoms with E-state index in [9.17, 15) is 0 Å². The van der Waals surface area contributed by atoms with Crippen LogP contribution in [0.1, 0.15) is 55.5 Å². The van der Waals surface area contributed by atoms with E-state index in [0.717, 1.165) is 29.2 Å². The van der Waals surface area contributed by atoms with Crippen molar-refractivity contribution in [2.24, 2.45) is 5.92 Å². The molecule has 0 saturated heterocycles. The Morgan fingerprint density at radius 3 is 2.81 bits per heavy atom. The van der Waals surface area contributed by atoms with Crippen LogP contribution in [0, 0.1) is 12.8 Å². The number of hydrogen-bond acceptors (Lipinski definition) is 2. The van der Waals surface area contributed by atoms with Gasteiger partial charge in [0.15, 0.2) is 0 Å². The van der Waals surface area contributed by atoms with Crippen molar-refractivity contribution in [3.8, 4) is 5.75 Å². The number of nitrogens with zero attached hydrogens (tertiary/aromatic N) is 1. The number of H-pyrrole nitrogens is 1. The summed E-state index contributed by atoms with van der Waals surface area (Å²) in [5.74, 6) is 3.41. The van der Waals surface area contributed by atoms with Gasteiger partial charge < -0.3 is 9.72 Å². The van der Waals surface area contributed by atoms with Gasteiger partial charge in [0.1, 0.15) is 11.6 Å². The van der Waals surface area contributed by atoms with E-state index in [-0.39, 0.29) is 5.41 Å². The van der Waals surface area contributed by atoms with E-state index in [1.165, 1.54) is 36.8 Å². The molecule has 26 heavy (non-hydrogen) atoms. The lowest BCUT2D eigenvalue weighted by molar-refractivity contribution is 0.169. The molecule has 5 rings (SSSR count). The molecule has 1 aliphatic heterocycles. The molecular weight excluding hydrogens is 320 g/mol. The van der Waals surface area contributed by atoms with Crippen LogP contribution in [0.4, 0.5) is 0 Å². The van der Waals surface area contributed by atoms with E-state index in [4.69, 9.17) is 9.72 Å². The van der Waals surface area contributed by atoms with Gasteiger partial charge in [-0.05, 0) is 62.3 Å². The van der Waals surface area contributed by atoms with Gasteiger partial charge in [-0.15, -0.1) is 0 Å². The average molecular weight is 346 g/mol. The van der Waals surface area contributed by atoms with Gasteiger partial charge >= 0.3 is 0 Å². The van der Waals surface area contributed by atoms with Gasteiger partial charge in [-0.1, -0.05) is 31.2 Å². The van der Waals surface area contributed by atoms with Gasteiger partial charge in [0.25, 0.3) is 0 Å². The monoisotopic (exact) mass is 346 g/mol. The lowest BCUT2D eigenvalue weighted by Gasteiger charge is -2.38. The number of imidazole rings is 1. The fraction of sp³-hybridized carbons (Fsp3) is 0.435. The summed E-state index contributed by atoms with van der Waals surface area (Å²) in [6.45, 7) is 5.33. The van der Waals surface area contributed by atoms with Crippen LogP contribution < -0.4 is 4.74 Å². The molecule has 2 aromatic carbocycles. The predicted molar refractivity (Wildman–Crippen MR) is 105 cm³/mol. The third-order valence-corrected chi connectivity index (χ3v) is 6.74. The first-order valence-corrected chi connectivity index (χ1v) is 9.83. The van der Waals surface area contributed by atoms with Crippen LogP contribution in [0.15, 0.2) is 42.5 Å². The second-order valence-corrected chi connectivity index (χ2v) is 8.33. The molecule has 0 amide bonds. The lowest BCUT2D eigenvalue weighted by atomic mass is 9.65. The molecule has 2 heterocycles. The quantitative estimate of drug-likeness (QED) is 0.666. The summed E-state index contributed by atoms with van der Waals surface area (Å²) in [5, 5.41) is 0. The first-order chi connectivity index (χ1) is 12.6. The summed E-state index contributed by atoms with van der Waals surface area (Å²) in [5.41, 5.74) is 5.21. The highest BCUT2D eigenvalue weighted by molar-refractivity contribution is 5.75. The molecule has 1 aliphatic carbocycles. The zero-order chi connectivity index (χ0) is 17.7. The summed E-state index contributed by atoms with van der Waals surface area (Å²) in [7, 11) is 0. The van der Waals surface area contributed by atoms with Crippen molar-refractivity contribution in [3.63, 3.8) is 0 Å². The Labute approximate surface area is 154 Å². The summed E-state index contributed by atoms with van der Waals surface area (Å²) < 4.78 is 6.00. The molecule has 0 unspecified atom stereocenters. The topological polar surface area (TPSA) is 37.9 Å². The minimum atomic E-state index is 0.248. The number of fused-ring (bicyclic) bond motifs is 3. The molecular formula is C23H26N2O. The Bertz CT molecular complexity index is 950. The predicted octanol–water partition coefficient (Wildman–Crippen LogP) is 5.50. The fourth-order valence-corrected chi connectivity index (χ4v) is 5.01. The number of rotatable bonds is 2. The van der Waals surface area contributed by atoms with Gasteiger partial charge in [-0.2, -0.15) is 0 Å². The molecule has 3 nitrogen and oxygen atoms in total. The first kappa shape index (κ1) is 15.9. The smallest absolute Gasteiger partial charge is 0.123 e. The van der Waals surface area contributed by atoms with Crippen molar-refractivity contribution in [1.29, 1.82) is 0 Å². The summed E-state index contributed by atoms with van der Waals surface area (Å²) in [4.78, 5) is 8.45. The number of nitrogens with one attached hydrogen (secondary N) is 1. The fourth-order valence-electron chi connectivity index (χ4n) is 5.01. The van der Waals surface area contributed by atoms with Gasteiger partial charge in [0, 0.05) is 16.9 Å². The van der Waals surface area contributed by atoms with Crippen LogP contribution in [-0.2, 0) is 5.41 Å². The van der Waals surface area contributed by atoms with Gasteiger partial charge in [-0.25, -0.2) is 4.98 Å². The summed E-state index contributed by atoms with van der Waals surface area (Å²) in [6.07, 6.45) is 4.93. The Morgan fingerprint density at radius 1 is 1.15 bits per heavy atom. The van der Waals surface area contributed by atoms with Crippen LogP contribution in [0.2, 0.25) is 0 Å². The summed E-state index contributed by atoms with van der Waals surface area (Å²) >= 11 is 0. The maximum absolute atomic E-state index is 6.00. The van der Waals surface area contributed by atoms with Crippen molar-refractivity contribution >= 4 is 11.0 Å². The second-order valence-electron chi connectivity index (χ2n) is 8.33. The van der Waals surface area contributed by atoms with Crippen molar-refractivity contribution in [3.05, 3.63) is 59.4 Å². The number of aryl methyl sites for hydroxylation is 1. The van der Waals surface area contributed by atoms with Crippen molar-refractivity contribution < 1.29 is 4.74 Å². The highest BCUT2D eigenvalue weighted by Gasteiger charge is 2.44. The SMILES string of the molecule is Cc1ccc2nc([C@H](C)C3CCC4(CC3)COc3ccccc34)[nH]c2c1. The van der Waals surface area contributed by atoms with E-state index in [1.54, 1.807) is 0 Å². The number of benzene rings is 2. The average Bonchev–Trinajstić information content (AvgIpc) is 3.24. The van der Waals surface area contributed by atoms with Crippen molar-refractivity contribution in [2.75, 3.05) is 6.61 Å². The van der Waals surface area contributed by atoms with Crippen molar-refractivity contribution in [2.45, 2.75) is 50.9 Å². The zero-order valence-corrected chi connectivity index (χ0v) is 15.6. The lowest BCUT2D eigenvalue weighted by Crippen LogP contribution is -2.34. The summed E-state index contributed by atoms with van der Waals surface area (Å²) in [6, 6.07) is 15.1. The van der Waals surface area contributed by atoms with E-state index < -0.39 is 0 Å². The molecule has 1 N–H and O–H groups in total. The van der Waals surface area contributed by atoms with Crippen LogP contribution in [-0.4, -0.2) is 16.6 Å². The number of aromatic nitrogens is 2. The standard InChI is InChI=1S/C23H26N2O/c1-15-7-8-19-20(13-15)25-22(24-19)16(2)17-9-11-23(12-10-17)14-26-21-6-4-3-5-18(21)23/h3-8,13,16-17H,9-12,14H2,1-2H3,(H,24,25)/t16-,17?,23?/m1/s1. The third-order valence-electron chi connectivity index (χ3n) is 6.74. The molecule has 1 aromatic heterocycles. The largest absolute Gasteiger partial charge is 0.492 e. The molecule has 2 aliphatic rings. The zero-order valence-electron chi connectivity index (χ0n) is 15.6. The Kier molecular flexibility index (Phi) is 3.59. The van der Waals surface area contributed by atoms with Gasteiger partial charge in [0.05, 0.1) is 17.6 Å². The molecule has 3 heteroatoms. The van der Waals surface area contributed by atoms with Crippen LogP contribution >= 0.6 is 0 Å². The van der Waals surface area contributed by atoms with E-state index in [1.807, 2.05) is 0 Å². The number of aromatic amines is 1. The molecule has 1 spiro atoms. The van der Waals surface area contributed by atoms with E-state index >= 15 is 0 Å². The Morgan fingerprint density at radius 2 is 1.96 bits per heavy atom. The molecule has 134 valence electrons. The van der Waals surface area contributed by atoms with Crippen LogP contribution in [0.3, 0.4) is 0 Å². The molecule has 1 atom stereocenters. The van der Waals surface area contributed by atoms with E-state index in [0.29, 0.717) is 11.8 Å². The first-order valence-electron chi connectivity index (χ1n) is 9.83. The normalized spacial score (nSPS) is 26.0. The number of hydrogen-bond donors (Lipinski definition) is 1. The minimum Gasteiger partial charge on any atom is -0.492 e. The second kappa shape index (κ2) is 5.87. The molecule has 1 saturated carbocycles. The highest BCUT2D eigenvalue weighted by Crippen LogP contribution is 2.50. The van der Waals surface area contributed by atoms with Crippen molar-refractivity contribution in [1.82, 2.24) is 9.97 Å². The molecule has 3 aromatic rings. The Balaban J connectivity index is 1.35. The Hall–Kier alpha value is -2.29. The number of para-hydroxylation sites is 1. The molecule has 1 fully saturated rings. The van der Waals surface area contributed by atoms with Gasteiger partial charge in [-0.3, -0.25) is 0 Å². The van der Waals surface area contributed by atoms with Gasteiger partial charge in [0.2, 0.25) is 0 Å². The highest BCUT2D eigenvalue weighted by atomic mass is 16.5. The van der Waals surface area contributed by atoms with Crippen LogP contribution in [0.25, 0.3) is 11.0 Å². The third kappa shape index (κ3) is 2.45. The minimum absolute atomic E-state index is 0.248.